The number of nitrogens with one attached hydrogen (secondary N) is 1. The molecule has 3 aromatic rings. The van der Waals surface area contributed by atoms with E-state index < -0.39 is 15.9 Å². The minimum atomic E-state index is -3.86. The van der Waals surface area contributed by atoms with E-state index in [2.05, 4.69) is 10.3 Å². The van der Waals surface area contributed by atoms with Crippen LogP contribution < -0.4 is 10.1 Å². The van der Waals surface area contributed by atoms with E-state index in [9.17, 15) is 13.2 Å². The highest BCUT2D eigenvalue weighted by Gasteiger charge is 2.26. The van der Waals surface area contributed by atoms with Gasteiger partial charge in [0.1, 0.15) is 0 Å². The number of aromatic nitrogens is 1. The van der Waals surface area contributed by atoms with Crippen LogP contribution in [-0.2, 0) is 21.4 Å². The fourth-order valence-corrected chi connectivity index (χ4v) is 4.10. The highest BCUT2D eigenvalue weighted by atomic mass is 32.2. The van der Waals surface area contributed by atoms with Crippen LogP contribution in [0.1, 0.15) is 5.56 Å². The van der Waals surface area contributed by atoms with Crippen molar-refractivity contribution in [3.63, 3.8) is 0 Å². The largest absolute Gasteiger partial charge is 0.481 e. The predicted molar refractivity (Wildman–Crippen MR) is 110 cm³/mol. The Morgan fingerprint density at radius 1 is 1.00 bits per heavy atom. The molecule has 0 unspecified atom stereocenters. The van der Waals surface area contributed by atoms with Gasteiger partial charge in [0.25, 0.3) is 0 Å². The molecule has 0 radical (unpaired) electrons. The zero-order valence-electron chi connectivity index (χ0n) is 15.9. The van der Waals surface area contributed by atoms with Crippen molar-refractivity contribution >= 4 is 21.6 Å². The van der Waals surface area contributed by atoms with E-state index in [4.69, 9.17) is 4.74 Å². The molecule has 1 amide bonds. The molecule has 7 nitrogen and oxygen atoms in total. The average molecular weight is 411 g/mol. The molecule has 0 aliphatic carbocycles. The Hall–Kier alpha value is -3.23. The Labute approximate surface area is 170 Å². The molecule has 1 aromatic heterocycles. The number of benzene rings is 2. The molecule has 0 aliphatic heterocycles. The van der Waals surface area contributed by atoms with Gasteiger partial charge in [0.15, 0.2) is 0 Å². The van der Waals surface area contributed by atoms with Crippen molar-refractivity contribution in [2.75, 3.05) is 19.0 Å². The van der Waals surface area contributed by atoms with Crippen LogP contribution >= 0.6 is 0 Å². The van der Waals surface area contributed by atoms with Crippen LogP contribution in [0.15, 0.2) is 83.9 Å². The Kier molecular flexibility index (Phi) is 6.58. The number of hydrogen-bond donors (Lipinski definition) is 1. The molecule has 0 bridgehead atoms. The summed E-state index contributed by atoms with van der Waals surface area (Å²) >= 11 is 0. The van der Waals surface area contributed by atoms with Gasteiger partial charge >= 0.3 is 0 Å². The number of rotatable bonds is 8. The number of ether oxygens (including phenoxy) is 1. The monoisotopic (exact) mass is 411 g/mol. The minimum Gasteiger partial charge on any atom is -0.481 e. The number of sulfonamides is 1. The second-order valence-electron chi connectivity index (χ2n) is 6.21. The third-order valence-electron chi connectivity index (χ3n) is 4.13. The van der Waals surface area contributed by atoms with Crippen molar-refractivity contribution in [3.05, 3.63) is 84.6 Å². The van der Waals surface area contributed by atoms with Crippen molar-refractivity contribution in [2.45, 2.75) is 11.4 Å². The first-order valence-electron chi connectivity index (χ1n) is 8.88. The number of carbonyl (C=O) groups is 1. The average Bonchev–Trinajstić information content (AvgIpc) is 2.75. The second kappa shape index (κ2) is 9.31. The first kappa shape index (κ1) is 20.5. The van der Waals surface area contributed by atoms with Gasteiger partial charge in [0.2, 0.25) is 21.8 Å². The molecule has 1 N–H and O–H groups in total. The number of anilines is 1. The van der Waals surface area contributed by atoms with Crippen molar-refractivity contribution < 1.29 is 17.9 Å². The zero-order valence-corrected chi connectivity index (χ0v) is 16.7. The summed E-state index contributed by atoms with van der Waals surface area (Å²) in [7, 11) is -2.36. The quantitative estimate of drug-likeness (QED) is 0.616. The standard InChI is InChI=1S/C21H21N3O4S/c1-28-21-13-12-18(14-22-21)23-20(25)16-24(15-17-8-4-2-5-9-17)29(26,27)19-10-6-3-7-11-19/h2-14H,15-16H2,1H3,(H,23,25). The smallest absolute Gasteiger partial charge is 0.243 e. The van der Waals surface area contributed by atoms with Crippen molar-refractivity contribution in [2.24, 2.45) is 0 Å². The van der Waals surface area contributed by atoms with Gasteiger partial charge in [-0.1, -0.05) is 48.5 Å². The highest BCUT2D eigenvalue weighted by Crippen LogP contribution is 2.19. The summed E-state index contributed by atoms with van der Waals surface area (Å²) in [5.41, 5.74) is 1.23. The Bertz CT molecular complexity index is 1040. The van der Waals surface area contributed by atoms with Gasteiger partial charge in [-0.2, -0.15) is 4.31 Å². The van der Waals surface area contributed by atoms with Gasteiger partial charge in [-0.05, 0) is 23.8 Å². The Morgan fingerprint density at radius 2 is 1.66 bits per heavy atom. The molecule has 3 rings (SSSR count). The van der Waals surface area contributed by atoms with Crippen LogP contribution in [-0.4, -0.2) is 37.3 Å². The van der Waals surface area contributed by atoms with Gasteiger partial charge in [0, 0.05) is 12.6 Å². The van der Waals surface area contributed by atoms with Gasteiger partial charge in [-0.25, -0.2) is 13.4 Å². The Morgan fingerprint density at radius 3 is 2.24 bits per heavy atom. The molecule has 0 saturated heterocycles. The number of nitrogens with zero attached hydrogens (tertiary/aromatic N) is 2. The second-order valence-corrected chi connectivity index (χ2v) is 8.15. The van der Waals surface area contributed by atoms with Crippen LogP contribution in [0, 0.1) is 0 Å². The fourth-order valence-electron chi connectivity index (χ4n) is 2.69. The lowest BCUT2D eigenvalue weighted by atomic mass is 10.2. The summed E-state index contributed by atoms with van der Waals surface area (Å²) in [6.07, 6.45) is 1.45. The number of hydrogen-bond acceptors (Lipinski definition) is 5. The molecule has 0 aliphatic rings. The van der Waals surface area contributed by atoms with Crippen LogP contribution in [0.5, 0.6) is 5.88 Å². The molecular weight excluding hydrogens is 390 g/mol. The molecule has 8 heteroatoms. The van der Waals surface area contributed by atoms with E-state index in [0.29, 0.717) is 11.6 Å². The maximum Gasteiger partial charge on any atom is 0.243 e. The Balaban J connectivity index is 1.81. The molecule has 1 heterocycles. The van der Waals surface area contributed by atoms with Crippen molar-refractivity contribution in [1.82, 2.24) is 9.29 Å². The SMILES string of the molecule is COc1ccc(NC(=O)CN(Cc2ccccc2)S(=O)(=O)c2ccccc2)cn1. The van der Waals surface area contributed by atoms with Gasteiger partial charge < -0.3 is 10.1 Å². The van der Waals surface area contributed by atoms with Crippen LogP contribution in [0.4, 0.5) is 5.69 Å². The first-order chi connectivity index (χ1) is 14.0. The highest BCUT2D eigenvalue weighted by molar-refractivity contribution is 7.89. The van der Waals surface area contributed by atoms with Crippen LogP contribution in [0.25, 0.3) is 0 Å². The normalized spacial score (nSPS) is 11.2. The third kappa shape index (κ3) is 5.40. The molecule has 0 spiro atoms. The van der Waals surface area contributed by atoms with E-state index in [0.717, 1.165) is 9.87 Å². The maximum atomic E-state index is 13.1. The summed E-state index contributed by atoms with van der Waals surface area (Å²) in [5, 5.41) is 2.67. The molecular formula is C21H21N3O4S. The minimum absolute atomic E-state index is 0.0757. The topological polar surface area (TPSA) is 88.6 Å². The summed E-state index contributed by atoms with van der Waals surface area (Å²) < 4.78 is 32.4. The van der Waals surface area contributed by atoms with E-state index in [-0.39, 0.29) is 18.0 Å². The molecule has 0 fully saturated rings. The molecule has 0 atom stereocenters. The van der Waals surface area contributed by atoms with Crippen LogP contribution in [0.3, 0.4) is 0 Å². The van der Waals surface area contributed by atoms with Gasteiger partial charge in [-0.3, -0.25) is 4.79 Å². The van der Waals surface area contributed by atoms with E-state index in [1.165, 1.54) is 25.4 Å². The lowest BCUT2D eigenvalue weighted by Crippen LogP contribution is -2.37. The lowest BCUT2D eigenvalue weighted by molar-refractivity contribution is -0.116. The molecule has 0 saturated carbocycles. The summed E-state index contributed by atoms with van der Waals surface area (Å²) in [6.45, 7) is -0.259. The van der Waals surface area contributed by atoms with Crippen molar-refractivity contribution in [3.8, 4) is 5.88 Å². The number of methoxy groups -OCH3 is 1. The zero-order chi connectivity index (χ0) is 20.7. The van der Waals surface area contributed by atoms with Crippen molar-refractivity contribution in [1.29, 1.82) is 0 Å². The summed E-state index contributed by atoms with van der Waals surface area (Å²) in [4.78, 5) is 16.7. The third-order valence-corrected chi connectivity index (χ3v) is 5.94. The van der Waals surface area contributed by atoms with Crippen LogP contribution in [0.2, 0.25) is 0 Å². The lowest BCUT2D eigenvalue weighted by Gasteiger charge is -2.22. The molecule has 2 aromatic carbocycles. The summed E-state index contributed by atoms with van der Waals surface area (Å²) in [5.74, 6) is -0.0484. The number of pyridine rings is 1. The van der Waals surface area contributed by atoms with Gasteiger partial charge in [-0.15, -0.1) is 0 Å². The number of amides is 1. The molecule has 29 heavy (non-hydrogen) atoms. The molecule has 150 valence electrons. The number of carbonyl (C=O) groups excluding carboxylic acids is 1. The van der Waals surface area contributed by atoms with Gasteiger partial charge in [0.05, 0.1) is 30.4 Å². The first-order valence-corrected chi connectivity index (χ1v) is 10.3. The maximum absolute atomic E-state index is 13.1. The van der Waals surface area contributed by atoms with E-state index in [1.807, 2.05) is 30.3 Å². The van der Waals surface area contributed by atoms with E-state index >= 15 is 0 Å². The fraction of sp³-hybridized carbons (Fsp3) is 0.143. The predicted octanol–water partition coefficient (Wildman–Crippen LogP) is 2.92. The van der Waals surface area contributed by atoms with E-state index in [1.54, 1.807) is 30.3 Å². The summed E-state index contributed by atoms with van der Waals surface area (Å²) in [6, 6.07) is 20.4.